The lowest BCUT2D eigenvalue weighted by atomic mass is 10.2. The van der Waals surface area contributed by atoms with Crippen LogP contribution in [0.25, 0.3) is 10.2 Å². The minimum Gasteiger partial charge on any atom is -0.452 e. The lowest BCUT2D eigenvalue weighted by Crippen LogP contribution is -2.38. The molecule has 0 N–H and O–H groups in total. The molecule has 7 nitrogen and oxygen atoms in total. The molecule has 8 heteroatoms. The lowest BCUT2D eigenvalue weighted by Gasteiger charge is -2.20. The van der Waals surface area contributed by atoms with Crippen LogP contribution < -0.4 is 5.56 Å². The number of carbonyl (C=O) groups excluding carboxylic acids is 2. The molecule has 1 fully saturated rings. The molecule has 1 aliphatic heterocycles. The number of hydrogen-bond donors (Lipinski definition) is 0. The molecule has 3 heterocycles. The van der Waals surface area contributed by atoms with Crippen LogP contribution in [0.3, 0.4) is 0 Å². The maximum atomic E-state index is 12.6. The van der Waals surface area contributed by atoms with E-state index in [0.717, 1.165) is 36.4 Å². The second-order valence-corrected chi connectivity index (χ2v) is 7.82. The number of nitrogens with zero attached hydrogens (tertiary/aromatic N) is 3. The highest BCUT2D eigenvalue weighted by Crippen LogP contribution is 2.25. The van der Waals surface area contributed by atoms with Gasteiger partial charge in [-0.3, -0.25) is 19.0 Å². The largest absolute Gasteiger partial charge is 0.452 e. The molecular weight excluding hydrogens is 354 g/mol. The van der Waals surface area contributed by atoms with E-state index >= 15 is 0 Å². The third kappa shape index (κ3) is 3.65. The zero-order valence-electron chi connectivity index (χ0n) is 15.3. The SMILES string of the molecule is Cc1sc2ncn(CCC(=O)OC(C)C(=O)N3CCCC3)c(=O)c2c1C. The first-order chi connectivity index (χ1) is 12.4. The van der Waals surface area contributed by atoms with E-state index in [9.17, 15) is 14.4 Å². The summed E-state index contributed by atoms with van der Waals surface area (Å²) in [4.78, 5) is 44.7. The molecule has 1 unspecified atom stereocenters. The van der Waals surface area contributed by atoms with Gasteiger partial charge in [-0.25, -0.2) is 4.98 Å². The molecule has 2 aromatic rings. The van der Waals surface area contributed by atoms with E-state index in [0.29, 0.717) is 10.2 Å². The van der Waals surface area contributed by atoms with Crippen LogP contribution >= 0.6 is 11.3 Å². The van der Waals surface area contributed by atoms with Crippen molar-refractivity contribution in [1.29, 1.82) is 0 Å². The summed E-state index contributed by atoms with van der Waals surface area (Å²) in [5, 5.41) is 0.612. The Kier molecular flexibility index (Phi) is 5.41. The number of hydrogen-bond acceptors (Lipinski definition) is 6. The number of aromatic nitrogens is 2. The highest BCUT2D eigenvalue weighted by atomic mass is 32.1. The van der Waals surface area contributed by atoms with Crippen molar-refractivity contribution in [3.05, 3.63) is 27.1 Å². The Morgan fingerprint density at radius 1 is 1.31 bits per heavy atom. The van der Waals surface area contributed by atoms with Crippen molar-refractivity contribution < 1.29 is 14.3 Å². The van der Waals surface area contributed by atoms with Gasteiger partial charge < -0.3 is 9.64 Å². The molecule has 0 radical (unpaired) electrons. The van der Waals surface area contributed by atoms with E-state index in [-0.39, 0.29) is 24.4 Å². The Morgan fingerprint density at radius 3 is 2.69 bits per heavy atom. The molecule has 1 atom stereocenters. The van der Waals surface area contributed by atoms with Gasteiger partial charge >= 0.3 is 5.97 Å². The molecule has 3 rings (SSSR count). The predicted octanol–water partition coefficient (Wildman–Crippen LogP) is 2.02. The molecule has 140 valence electrons. The number of carbonyl (C=O) groups is 2. The first-order valence-electron chi connectivity index (χ1n) is 8.82. The van der Waals surface area contributed by atoms with Crippen LogP contribution in [0, 0.1) is 13.8 Å². The van der Waals surface area contributed by atoms with Gasteiger partial charge in [-0.15, -0.1) is 11.3 Å². The average molecular weight is 377 g/mol. The first-order valence-corrected chi connectivity index (χ1v) is 9.63. The van der Waals surface area contributed by atoms with Crippen molar-refractivity contribution in [2.45, 2.75) is 52.7 Å². The molecule has 26 heavy (non-hydrogen) atoms. The van der Waals surface area contributed by atoms with Gasteiger partial charge in [-0.05, 0) is 39.2 Å². The standard InChI is InChI=1S/C18H23N3O4S/c1-11-13(3)26-16-15(11)18(24)21(10-19-16)9-6-14(22)25-12(2)17(23)20-7-4-5-8-20/h10,12H,4-9H2,1-3H3. The van der Waals surface area contributed by atoms with Gasteiger partial charge in [0.25, 0.3) is 11.5 Å². The Labute approximate surface area is 155 Å². The quantitative estimate of drug-likeness (QED) is 0.745. The Bertz CT molecular complexity index is 896. The number of ether oxygens (including phenoxy) is 1. The van der Waals surface area contributed by atoms with Crippen LogP contribution in [-0.4, -0.2) is 45.5 Å². The lowest BCUT2D eigenvalue weighted by molar-refractivity contribution is -0.158. The first kappa shape index (κ1) is 18.6. The molecule has 0 aliphatic carbocycles. The Balaban J connectivity index is 1.61. The number of rotatable bonds is 5. The molecule has 0 spiro atoms. The van der Waals surface area contributed by atoms with Crippen molar-refractivity contribution in [2.75, 3.05) is 13.1 Å². The summed E-state index contributed by atoms with van der Waals surface area (Å²) in [6, 6.07) is 0. The predicted molar refractivity (Wildman–Crippen MR) is 99.3 cm³/mol. The average Bonchev–Trinajstić information content (AvgIpc) is 3.23. The summed E-state index contributed by atoms with van der Waals surface area (Å²) in [5.41, 5.74) is 0.787. The zero-order chi connectivity index (χ0) is 18.8. The molecule has 0 bridgehead atoms. The van der Waals surface area contributed by atoms with Gasteiger partial charge in [0.15, 0.2) is 6.10 Å². The van der Waals surface area contributed by atoms with Crippen molar-refractivity contribution >= 4 is 33.4 Å². The topological polar surface area (TPSA) is 81.5 Å². The van der Waals surface area contributed by atoms with E-state index < -0.39 is 12.1 Å². The summed E-state index contributed by atoms with van der Waals surface area (Å²) in [6.07, 6.45) is 2.68. The van der Waals surface area contributed by atoms with E-state index in [1.165, 1.54) is 22.2 Å². The number of amides is 1. The fourth-order valence-corrected chi connectivity index (χ4v) is 4.13. The van der Waals surface area contributed by atoms with Gasteiger partial charge in [-0.1, -0.05) is 0 Å². The molecule has 0 saturated carbocycles. The third-order valence-electron chi connectivity index (χ3n) is 4.79. The molecule has 1 saturated heterocycles. The van der Waals surface area contributed by atoms with Gasteiger partial charge in [-0.2, -0.15) is 0 Å². The van der Waals surface area contributed by atoms with Gasteiger partial charge in [0.1, 0.15) is 4.83 Å². The monoisotopic (exact) mass is 377 g/mol. The number of thiophene rings is 1. The fourth-order valence-electron chi connectivity index (χ4n) is 3.14. The second-order valence-electron chi connectivity index (χ2n) is 6.62. The summed E-state index contributed by atoms with van der Waals surface area (Å²) in [6.45, 7) is 7.08. The molecular formula is C18H23N3O4S. The number of aryl methyl sites for hydroxylation is 3. The smallest absolute Gasteiger partial charge is 0.308 e. The van der Waals surface area contributed by atoms with Crippen molar-refractivity contribution in [3.63, 3.8) is 0 Å². The summed E-state index contributed by atoms with van der Waals surface area (Å²) < 4.78 is 6.66. The zero-order valence-corrected chi connectivity index (χ0v) is 16.1. The summed E-state index contributed by atoms with van der Waals surface area (Å²) in [5.74, 6) is -0.643. The van der Waals surface area contributed by atoms with Crippen LogP contribution in [-0.2, 0) is 20.9 Å². The third-order valence-corrected chi connectivity index (χ3v) is 5.90. The van der Waals surface area contributed by atoms with Crippen molar-refractivity contribution in [2.24, 2.45) is 0 Å². The minimum atomic E-state index is -0.792. The number of fused-ring (bicyclic) bond motifs is 1. The van der Waals surface area contributed by atoms with Gasteiger partial charge in [0, 0.05) is 24.5 Å². The second kappa shape index (κ2) is 7.57. The molecule has 2 aromatic heterocycles. The van der Waals surface area contributed by atoms with Gasteiger partial charge in [0.05, 0.1) is 18.1 Å². The van der Waals surface area contributed by atoms with E-state index in [2.05, 4.69) is 4.98 Å². The Morgan fingerprint density at radius 2 is 2.00 bits per heavy atom. The van der Waals surface area contributed by atoms with Crippen LogP contribution in [0.2, 0.25) is 0 Å². The Hall–Kier alpha value is -2.22. The summed E-state index contributed by atoms with van der Waals surface area (Å²) in [7, 11) is 0. The van der Waals surface area contributed by atoms with Crippen LogP contribution in [0.5, 0.6) is 0 Å². The molecule has 0 aromatic carbocycles. The van der Waals surface area contributed by atoms with Crippen LogP contribution in [0.1, 0.15) is 36.6 Å². The fraction of sp³-hybridized carbons (Fsp3) is 0.556. The minimum absolute atomic E-state index is 0.0207. The molecule has 1 aliphatic rings. The van der Waals surface area contributed by atoms with Crippen molar-refractivity contribution in [1.82, 2.24) is 14.5 Å². The molecule has 1 amide bonds. The van der Waals surface area contributed by atoms with E-state index in [4.69, 9.17) is 4.74 Å². The maximum absolute atomic E-state index is 12.6. The van der Waals surface area contributed by atoms with E-state index in [1.807, 2.05) is 13.8 Å². The van der Waals surface area contributed by atoms with Crippen LogP contribution in [0.15, 0.2) is 11.1 Å². The number of esters is 1. The van der Waals surface area contributed by atoms with Crippen molar-refractivity contribution in [3.8, 4) is 0 Å². The van der Waals surface area contributed by atoms with Crippen LogP contribution in [0.4, 0.5) is 0 Å². The highest BCUT2D eigenvalue weighted by Gasteiger charge is 2.25. The highest BCUT2D eigenvalue weighted by molar-refractivity contribution is 7.18. The van der Waals surface area contributed by atoms with E-state index in [1.54, 1.807) is 11.8 Å². The maximum Gasteiger partial charge on any atom is 0.308 e. The summed E-state index contributed by atoms with van der Waals surface area (Å²) >= 11 is 1.49. The number of likely N-dealkylation sites (tertiary alicyclic amines) is 1. The van der Waals surface area contributed by atoms with Gasteiger partial charge in [0.2, 0.25) is 0 Å². The normalized spacial score (nSPS) is 15.4.